The average Bonchev–Trinajstić information content (AvgIpc) is 2.67. The lowest BCUT2D eigenvalue weighted by Crippen LogP contribution is -2.44. The van der Waals surface area contributed by atoms with Crippen LogP contribution in [0.5, 0.6) is 0 Å². The Morgan fingerprint density at radius 1 is 1.15 bits per heavy atom. The van der Waals surface area contributed by atoms with E-state index in [-0.39, 0.29) is 17.8 Å². The molecule has 0 bridgehead atoms. The highest BCUT2D eigenvalue weighted by atomic mass is 32.1. The molecule has 2 rings (SSSR count). The normalized spacial score (nSPS) is 10.4. The molecule has 0 aliphatic rings. The maximum absolute atomic E-state index is 12.1. The van der Waals surface area contributed by atoms with E-state index in [1.165, 1.54) is 0 Å². The summed E-state index contributed by atoms with van der Waals surface area (Å²) < 4.78 is 5.01. The van der Waals surface area contributed by atoms with Crippen molar-refractivity contribution in [1.29, 1.82) is 0 Å². The Morgan fingerprint density at radius 2 is 1.78 bits per heavy atom. The Bertz CT molecular complexity index is 792. The number of benzene rings is 1. The van der Waals surface area contributed by atoms with Crippen molar-refractivity contribution < 1.29 is 14.3 Å². The number of ether oxygens (including phenoxy) is 1. The summed E-state index contributed by atoms with van der Waals surface area (Å²) in [7, 11) is 0. The van der Waals surface area contributed by atoms with Gasteiger partial charge >= 0.3 is 5.97 Å². The molecule has 0 aliphatic heterocycles. The fourth-order valence-corrected chi connectivity index (χ4v) is 2.53. The van der Waals surface area contributed by atoms with E-state index in [1.807, 2.05) is 12.1 Å². The Kier molecular flexibility index (Phi) is 7.43. The van der Waals surface area contributed by atoms with Crippen molar-refractivity contribution in [2.45, 2.75) is 27.3 Å². The van der Waals surface area contributed by atoms with Crippen molar-refractivity contribution in [2.24, 2.45) is 5.92 Å². The number of hydrogen-bond donors (Lipinski definition) is 1. The number of carbonyl (C=O) groups is 2. The lowest BCUT2D eigenvalue weighted by atomic mass is 10.1. The number of carbonyl (C=O) groups excluding carboxylic acids is 2. The van der Waals surface area contributed by atoms with Gasteiger partial charge in [-0.1, -0.05) is 13.8 Å². The van der Waals surface area contributed by atoms with Crippen LogP contribution in [0, 0.1) is 5.92 Å². The monoisotopic (exact) mass is 385 g/mol. The quantitative estimate of drug-likeness (QED) is 0.608. The Hall–Kier alpha value is -2.80. The molecule has 142 valence electrons. The molecule has 0 unspecified atom stereocenters. The van der Waals surface area contributed by atoms with Crippen molar-refractivity contribution in [3.63, 3.8) is 0 Å². The fraction of sp³-hybridized carbons (Fsp3) is 0.300. The van der Waals surface area contributed by atoms with Crippen molar-refractivity contribution in [3.05, 3.63) is 59.9 Å². The van der Waals surface area contributed by atoms with E-state index in [4.69, 9.17) is 17.0 Å². The third-order valence-electron chi connectivity index (χ3n) is 3.78. The number of esters is 1. The topological polar surface area (TPSA) is 71.5 Å². The first kappa shape index (κ1) is 20.5. The average molecular weight is 385 g/mol. The minimum Gasteiger partial charge on any atom is -0.462 e. The van der Waals surface area contributed by atoms with Crippen LogP contribution in [-0.2, 0) is 16.1 Å². The van der Waals surface area contributed by atoms with Gasteiger partial charge in [-0.3, -0.25) is 9.78 Å². The minimum absolute atomic E-state index is 0.150. The first-order valence-corrected chi connectivity index (χ1v) is 9.11. The number of nitrogens with one attached hydrogen (secondary N) is 1. The molecule has 1 N–H and O–H groups in total. The van der Waals surface area contributed by atoms with E-state index in [0.29, 0.717) is 23.8 Å². The predicted octanol–water partition coefficient (Wildman–Crippen LogP) is 3.32. The van der Waals surface area contributed by atoms with Gasteiger partial charge < -0.3 is 15.0 Å². The predicted molar refractivity (Wildman–Crippen MR) is 108 cm³/mol. The lowest BCUT2D eigenvalue weighted by Gasteiger charge is -2.26. The standard InChI is InChI=1S/C20H23N3O3S/c1-4-26-19(25)16-5-7-17(8-6-16)23(13-15-9-11-21-12-10-15)20(27)22-18(24)14(2)3/h5-12,14H,4,13H2,1-3H3,(H,22,24,27). The van der Waals surface area contributed by atoms with Gasteiger partial charge in [0.15, 0.2) is 5.11 Å². The van der Waals surface area contributed by atoms with Crippen LogP contribution in [0.3, 0.4) is 0 Å². The van der Waals surface area contributed by atoms with E-state index < -0.39 is 0 Å². The molecule has 6 nitrogen and oxygen atoms in total. The van der Waals surface area contributed by atoms with Crippen LogP contribution in [-0.4, -0.2) is 28.6 Å². The van der Waals surface area contributed by atoms with Crippen molar-refractivity contribution in [2.75, 3.05) is 11.5 Å². The van der Waals surface area contributed by atoms with Crippen molar-refractivity contribution >= 4 is 34.9 Å². The van der Waals surface area contributed by atoms with Gasteiger partial charge in [0.2, 0.25) is 5.91 Å². The van der Waals surface area contributed by atoms with Gasteiger partial charge in [-0.05, 0) is 61.1 Å². The molecule has 2 aromatic rings. The van der Waals surface area contributed by atoms with Crippen LogP contribution < -0.4 is 10.2 Å². The molecule has 0 fully saturated rings. The van der Waals surface area contributed by atoms with E-state index >= 15 is 0 Å². The minimum atomic E-state index is -0.375. The number of thiocarbonyl (C=S) groups is 1. The first-order valence-electron chi connectivity index (χ1n) is 8.70. The highest BCUT2D eigenvalue weighted by molar-refractivity contribution is 7.80. The summed E-state index contributed by atoms with van der Waals surface area (Å²) in [6, 6.07) is 10.7. The second-order valence-corrected chi connectivity index (χ2v) is 6.54. The van der Waals surface area contributed by atoms with Gasteiger partial charge in [0.25, 0.3) is 0 Å². The van der Waals surface area contributed by atoms with Gasteiger partial charge in [-0.25, -0.2) is 4.79 Å². The van der Waals surface area contributed by atoms with E-state index in [0.717, 1.165) is 11.3 Å². The summed E-state index contributed by atoms with van der Waals surface area (Å²) in [5.74, 6) is -0.708. The molecular formula is C20H23N3O3S. The molecule has 0 saturated carbocycles. The lowest BCUT2D eigenvalue weighted by molar-refractivity contribution is -0.122. The number of aromatic nitrogens is 1. The van der Waals surface area contributed by atoms with Gasteiger partial charge in [0.05, 0.1) is 18.7 Å². The Balaban J connectivity index is 2.26. The van der Waals surface area contributed by atoms with Crippen LogP contribution in [0.1, 0.15) is 36.7 Å². The number of anilines is 1. The molecule has 0 radical (unpaired) electrons. The molecule has 1 amide bonds. The van der Waals surface area contributed by atoms with Gasteiger partial charge in [-0.2, -0.15) is 0 Å². The largest absolute Gasteiger partial charge is 0.462 e. The van der Waals surface area contributed by atoms with Gasteiger partial charge in [0.1, 0.15) is 0 Å². The molecular weight excluding hydrogens is 362 g/mol. The van der Waals surface area contributed by atoms with Crippen LogP contribution in [0.15, 0.2) is 48.8 Å². The maximum atomic E-state index is 12.1. The van der Waals surface area contributed by atoms with Crippen LogP contribution in [0.2, 0.25) is 0 Å². The van der Waals surface area contributed by atoms with E-state index in [9.17, 15) is 9.59 Å². The third kappa shape index (κ3) is 5.86. The SMILES string of the molecule is CCOC(=O)c1ccc(N(Cc2ccncc2)C(=S)NC(=O)C(C)C)cc1. The van der Waals surface area contributed by atoms with Gasteiger partial charge in [0, 0.05) is 24.0 Å². The summed E-state index contributed by atoms with van der Waals surface area (Å²) in [6.45, 7) is 6.15. The highest BCUT2D eigenvalue weighted by Crippen LogP contribution is 2.19. The van der Waals surface area contributed by atoms with Crippen LogP contribution in [0.4, 0.5) is 5.69 Å². The number of pyridine rings is 1. The smallest absolute Gasteiger partial charge is 0.338 e. The Morgan fingerprint density at radius 3 is 2.33 bits per heavy atom. The van der Waals surface area contributed by atoms with Gasteiger partial charge in [-0.15, -0.1) is 0 Å². The molecule has 1 aromatic heterocycles. The third-order valence-corrected chi connectivity index (χ3v) is 4.10. The van der Waals surface area contributed by atoms with Crippen LogP contribution in [0.25, 0.3) is 0 Å². The van der Waals surface area contributed by atoms with Crippen molar-refractivity contribution in [3.8, 4) is 0 Å². The summed E-state index contributed by atoms with van der Waals surface area (Å²) in [6.07, 6.45) is 3.40. The molecule has 0 atom stereocenters. The second-order valence-electron chi connectivity index (χ2n) is 6.16. The summed E-state index contributed by atoms with van der Waals surface area (Å²) >= 11 is 5.46. The zero-order valence-corrected chi connectivity index (χ0v) is 16.5. The molecule has 0 aliphatic carbocycles. The zero-order valence-electron chi connectivity index (χ0n) is 15.6. The maximum Gasteiger partial charge on any atom is 0.338 e. The molecule has 7 heteroatoms. The molecule has 0 spiro atoms. The molecule has 1 aromatic carbocycles. The Labute approximate surface area is 164 Å². The summed E-state index contributed by atoms with van der Waals surface area (Å²) in [4.78, 5) is 29.7. The first-order chi connectivity index (χ1) is 12.9. The van der Waals surface area contributed by atoms with Crippen LogP contribution >= 0.6 is 12.2 Å². The van der Waals surface area contributed by atoms with E-state index in [2.05, 4.69) is 10.3 Å². The number of nitrogens with zero attached hydrogens (tertiary/aromatic N) is 2. The summed E-state index contributed by atoms with van der Waals surface area (Å²) in [5, 5.41) is 3.07. The van der Waals surface area contributed by atoms with E-state index in [1.54, 1.807) is 62.3 Å². The second kappa shape index (κ2) is 9.78. The number of hydrogen-bond acceptors (Lipinski definition) is 5. The summed E-state index contributed by atoms with van der Waals surface area (Å²) in [5.41, 5.74) is 2.20. The fourth-order valence-electron chi connectivity index (χ4n) is 2.26. The molecule has 1 heterocycles. The molecule has 0 saturated heterocycles. The highest BCUT2D eigenvalue weighted by Gasteiger charge is 2.17. The molecule has 27 heavy (non-hydrogen) atoms. The number of rotatable bonds is 6. The van der Waals surface area contributed by atoms with Crippen molar-refractivity contribution in [1.82, 2.24) is 10.3 Å². The zero-order chi connectivity index (χ0) is 19.8. The number of amides is 1.